The molecule has 0 radical (unpaired) electrons. The quantitative estimate of drug-likeness (QED) is 0.749. The largest absolute Gasteiger partial charge is 0.383 e. The number of hydrogen-bond acceptors (Lipinski definition) is 3. The summed E-state index contributed by atoms with van der Waals surface area (Å²) in [4.78, 5) is 15.0. The molecular weight excluding hydrogens is 264 g/mol. The van der Waals surface area contributed by atoms with Crippen LogP contribution in [0, 0.1) is 17.8 Å². The number of carbonyl (C=O) groups excluding carboxylic acids is 1. The molecule has 0 aromatic heterocycles. The van der Waals surface area contributed by atoms with E-state index in [1.54, 1.807) is 7.11 Å². The SMILES string of the molecule is CCC(C)C1NC(CC(C)C)N(C(COC)C(C)C)C1=O. The predicted molar refractivity (Wildman–Crippen MR) is 87.0 cm³/mol. The average Bonchev–Trinajstić information content (AvgIpc) is 2.71. The van der Waals surface area contributed by atoms with Gasteiger partial charge < -0.3 is 9.64 Å². The molecule has 0 aliphatic carbocycles. The first kappa shape index (κ1) is 18.4. The van der Waals surface area contributed by atoms with Crippen LogP contribution in [0.5, 0.6) is 0 Å². The Kier molecular flexibility index (Phi) is 7.14. The van der Waals surface area contributed by atoms with Gasteiger partial charge in [-0.2, -0.15) is 0 Å². The number of amides is 1. The van der Waals surface area contributed by atoms with Gasteiger partial charge in [0.25, 0.3) is 0 Å². The van der Waals surface area contributed by atoms with Gasteiger partial charge in [0.1, 0.15) is 0 Å². The van der Waals surface area contributed by atoms with E-state index in [-0.39, 0.29) is 24.2 Å². The summed E-state index contributed by atoms with van der Waals surface area (Å²) in [5, 5.41) is 3.59. The Morgan fingerprint density at radius 3 is 2.29 bits per heavy atom. The summed E-state index contributed by atoms with van der Waals surface area (Å²) >= 11 is 0. The van der Waals surface area contributed by atoms with Crippen molar-refractivity contribution in [2.45, 2.75) is 72.6 Å². The van der Waals surface area contributed by atoms with Crippen molar-refractivity contribution in [3.05, 3.63) is 0 Å². The van der Waals surface area contributed by atoms with Crippen LogP contribution in [0.15, 0.2) is 0 Å². The van der Waals surface area contributed by atoms with Gasteiger partial charge in [0, 0.05) is 7.11 Å². The van der Waals surface area contributed by atoms with Crippen molar-refractivity contribution >= 4 is 5.91 Å². The number of nitrogens with zero attached hydrogens (tertiary/aromatic N) is 1. The van der Waals surface area contributed by atoms with E-state index in [0.29, 0.717) is 24.4 Å². The smallest absolute Gasteiger partial charge is 0.241 e. The number of methoxy groups -OCH3 is 1. The van der Waals surface area contributed by atoms with Gasteiger partial charge in [-0.3, -0.25) is 10.1 Å². The van der Waals surface area contributed by atoms with Gasteiger partial charge in [0.05, 0.1) is 24.9 Å². The lowest BCUT2D eigenvalue weighted by Crippen LogP contribution is -2.49. The molecular formula is C17H34N2O2. The van der Waals surface area contributed by atoms with E-state index >= 15 is 0 Å². The fourth-order valence-electron chi connectivity index (χ4n) is 3.10. The van der Waals surface area contributed by atoms with Crippen molar-refractivity contribution in [2.24, 2.45) is 17.8 Å². The normalized spacial score (nSPS) is 26.0. The zero-order chi connectivity index (χ0) is 16.2. The van der Waals surface area contributed by atoms with Gasteiger partial charge in [-0.15, -0.1) is 0 Å². The minimum absolute atomic E-state index is 0.0446. The molecule has 1 heterocycles. The standard InChI is InChI=1S/C17H34N2O2/c1-8-13(6)16-17(20)19(14(10-21-7)12(4)5)15(18-16)9-11(2)3/h11-16,18H,8-10H2,1-7H3. The van der Waals surface area contributed by atoms with Crippen molar-refractivity contribution in [3.8, 4) is 0 Å². The Morgan fingerprint density at radius 2 is 1.86 bits per heavy atom. The second-order valence-corrected chi connectivity index (χ2v) is 7.19. The van der Waals surface area contributed by atoms with E-state index in [2.05, 4.69) is 51.8 Å². The molecule has 0 aromatic carbocycles. The van der Waals surface area contributed by atoms with Crippen LogP contribution < -0.4 is 5.32 Å². The van der Waals surface area contributed by atoms with E-state index in [1.807, 2.05) is 0 Å². The molecule has 1 rings (SSSR count). The zero-order valence-electron chi connectivity index (χ0n) is 14.8. The monoisotopic (exact) mass is 298 g/mol. The van der Waals surface area contributed by atoms with E-state index in [9.17, 15) is 4.79 Å². The molecule has 4 atom stereocenters. The van der Waals surface area contributed by atoms with Gasteiger partial charge in [0.2, 0.25) is 5.91 Å². The fourth-order valence-corrected chi connectivity index (χ4v) is 3.10. The van der Waals surface area contributed by atoms with Crippen molar-refractivity contribution in [3.63, 3.8) is 0 Å². The molecule has 4 heteroatoms. The molecule has 0 spiro atoms. The second-order valence-electron chi connectivity index (χ2n) is 7.19. The van der Waals surface area contributed by atoms with Crippen LogP contribution in [0.1, 0.15) is 54.4 Å². The summed E-state index contributed by atoms with van der Waals surface area (Å²) < 4.78 is 5.38. The summed E-state index contributed by atoms with van der Waals surface area (Å²) in [6.45, 7) is 13.7. The van der Waals surface area contributed by atoms with E-state index < -0.39 is 0 Å². The van der Waals surface area contributed by atoms with Gasteiger partial charge in [0.15, 0.2) is 0 Å². The molecule has 0 bridgehead atoms. The van der Waals surface area contributed by atoms with Crippen molar-refractivity contribution in [1.82, 2.24) is 10.2 Å². The Morgan fingerprint density at radius 1 is 1.24 bits per heavy atom. The summed E-state index contributed by atoms with van der Waals surface area (Å²) in [6, 6.07) is 0.102. The summed E-state index contributed by atoms with van der Waals surface area (Å²) in [7, 11) is 1.72. The Bertz CT molecular complexity index is 331. The highest BCUT2D eigenvalue weighted by Crippen LogP contribution is 2.27. The third-order valence-electron chi connectivity index (χ3n) is 4.60. The van der Waals surface area contributed by atoms with Crippen LogP contribution >= 0.6 is 0 Å². The molecule has 4 unspecified atom stereocenters. The molecule has 1 fully saturated rings. The van der Waals surface area contributed by atoms with Gasteiger partial charge >= 0.3 is 0 Å². The van der Waals surface area contributed by atoms with E-state index in [0.717, 1.165) is 12.8 Å². The number of carbonyl (C=O) groups is 1. The topological polar surface area (TPSA) is 41.6 Å². The highest BCUT2D eigenvalue weighted by Gasteiger charge is 2.44. The van der Waals surface area contributed by atoms with Gasteiger partial charge in [-0.05, 0) is 24.2 Å². The Labute approximate surface area is 130 Å². The predicted octanol–water partition coefficient (Wildman–Crippen LogP) is 2.88. The Balaban J connectivity index is 3.00. The third-order valence-corrected chi connectivity index (χ3v) is 4.60. The molecule has 0 saturated carbocycles. The fraction of sp³-hybridized carbons (Fsp3) is 0.941. The maximum atomic E-state index is 12.9. The van der Waals surface area contributed by atoms with Crippen molar-refractivity contribution < 1.29 is 9.53 Å². The average molecular weight is 298 g/mol. The van der Waals surface area contributed by atoms with Gasteiger partial charge in [-0.25, -0.2) is 0 Å². The minimum atomic E-state index is -0.0446. The summed E-state index contributed by atoms with van der Waals surface area (Å²) in [5.74, 6) is 1.57. The summed E-state index contributed by atoms with van der Waals surface area (Å²) in [6.07, 6.45) is 2.15. The molecule has 4 nitrogen and oxygen atoms in total. The molecule has 124 valence electrons. The maximum absolute atomic E-state index is 12.9. The van der Waals surface area contributed by atoms with Crippen molar-refractivity contribution in [1.29, 1.82) is 0 Å². The number of ether oxygens (including phenoxy) is 1. The van der Waals surface area contributed by atoms with Crippen LogP contribution in [0.2, 0.25) is 0 Å². The zero-order valence-corrected chi connectivity index (χ0v) is 14.8. The van der Waals surface area contributed by atoms with Crippen LogP contribution in [-0.2, 0) is 9.53 Å². The molecule has 0 aromatic rings. The molecule has 21 heavy (non-hydrogen) atoms. The minimum Gasteiger partial charge on any atom is -0.383 e. The number of nitrogens with one attached hydrogen (secondary N) is 1. The van der Waals surface area contributed by atoms with E-state index in [1.165, 1.54) is 0 Å². The lowest BCUT2D eigenvalue weighted by atomic mass is 9.98. The first-order valence-corrected chi connectivity index (χ1v) is 8.40. The van der Waals surface area contributed by atoms with E-state index in [4.69, 9.17) is 4.74 Å². The maximum Gasteiger partial charge on any atom is 0.241 e. The Hall–Kier alpha value is -0.610. The lowest BCUT2D eigenvalue weighted by Gasteiger charge is -2.35. The first-order chi connectivity index (χ1) is 9.83. The number of hydrogen-bond donors (Lipinski definition) is 1. The van der Waals surface area contributed by atoms with Crippen LogP contribution in [0.25, 0.3) is 0 Å². The van der Waals surface area contributed by atoms with Gasteiger partial charge in [-0.1, -0.05) is 48.0 Å². The molecule has 1 amide bonds. The van der Waals surface area contributed by atoms with Crippen LogP contribution in [-0.4, -0.2) is 42.8 Å². The molecule has 1 saturated heterocycles. The van der Waals surface area contributed by atoms with Crippen LogP contribution in [0.3, 0.4) is 0 Å². The highest BCUT2D eigenvalue weighted by molar-refractivity contribution is 5.85. The van der Waals surface area contributed by atoms with Crippen molar-refractivity contribution in [2.75, 3.05) is 13.7 Å². The molecule has 1 aliphatic rings. The molecule has 1 N–H and O–H groups in total. The lowest BCUT2D eigenvalue weighted by molar-refractivity contribution is -0.135. The first-order valence-electron chi connectivity index (χ1n) is 8.40. The van der Waals surface area contributed by atoms with Crippen LogP contribution in [0.4, 0.5) is 0 Å². The third kappa shape index (κ3) is 4.43. The highest BCUT2D eigenvalue weighted by atomic mass is 16.5. The number of rotatable bonds is 8. The summed E-state index contributed by atoms with van der Waals surface area (Å²) in [5.41, 5.74) is 0. The second kappa shape index (κ2) is 8.14. The molecule has 1 aliphatic heterocycles.